The molecule has 2 N–H and O–H groups in total. The normalized spacial score (nSPS) is 10.7. The van der Waals surface area contributed by atoms with Crippen LogP contribution in [0.5, 0.6) is 0 Å². The Labute approximate surface area is 212 Å². The van der Waals surface area contributed by atoms with Crippen LogP contribution >= 0.6 is 22.9 Å². The summed E-state index contributed by atoms with van der Waals surface area (Å²) in [6.45, 7) is 2.97. The van der Waals surface area contributed by atoms with Crippen molar-refractivity contribution >= 4 is 45.9 Å². The van der Waals surface area contributed by atoms with E-state index in [1.807, 2.05) is 0 Å². The number of aliphatic carboxylic acids is 1. The molecule has 2 amide bonds. The number of rotatable bonds is 12. The Kier molecular flexibility index (Phi) is 9.75. The number of nitrogens with one attached hydrogen (secondary N) is 1. The highest BCUT2D eigenvalue weighted by Crippen LogP contribution is 2.31. The van der Waals surface area contributed by atoms with E-state index in [9.17, 15) is 14.4 Å². The van der Waals surface area contributed by atoms with Gasteiger partial charge in [0.1, 0.15) is 5.01 Å². The van der Waals surface area contributed by atoms with Crippen LogP contribution in [0.2, 0.25) is 5.02 Å². The maximum Gasteiger partial charge on any atom is 0.303 e. The number of hydrogen-bond donors (Lipinski definition) is 2. The monoisotopic (exact) mass is 514 g/mol. The lowest BCUT2D eigenvalue weighted by Crippen LogP contribution is -2.32. The molecule has 0 atom stereocenters. The van der Waals surface area contributed by atoms with E-state index < -0.39 is 5.97 Å². The maximum atomic E-state index is 13.2. The van der Waals surface area contributed by atoms with Crippen LogP contribution in [-0.2, 0) is 4.79 Å². The van der Waals surface area contributed by atoms with Crippen LogP contribution in [0.4, 0.5) is 5.13 Å². The van der Waals surface area contributed by atoms with Gasteiger partial charge in [0.15, 0.2) is 0 Å². The average Bonchev–Trinajstić information content (AvgIpc) is 3.34. The van der Waals surface area contributed by atoms with E-state index in [2.05, 4.69) is 22.4 Å². The minimum absolute atomic E-state index is 0.0915. The SMILES string of the molecule is CCCCN(C(=O)c1ccccc1Cl)c1nnc(-c2ccc(C(=O)NCCCCC(=O)O)cc2)s1. The molecule has 2 aromatic carbocycles. The first kappa shape index (κ1) is 26.3. The van der Waals surface area contributed by atoms with Crippen molar-refractivity contribution < 1.29 is 19.5 Å². The third-order valence-electron chi connectivity index (χ3n) is 5.23. The van der Waals surface area contributed by atoms with Crippen LogP contribution in [0.3, 0.4) is 0 Å². The molecule has 3 rings (SSSR count). The van der Waals surface area contributed by atoms with Crippen molar-refractivity contribution in [3.63, 3.8) is 0 Å². The van der Waals surface area contributed by atoms with E-state index in [-0.39, 0.29) is 18.2 Å². The molecule has 3 aromatic rings. The summed E-state index contributed by atoms with van der Waals surface area (Å²) in [5, 5.41) is 21.5. The standard InChI is InChI=1S/C25H27ClN4O4S/c1-2-3-16-30(24(34)19-8-4-5-9-20(19)26)25-29-28-23(35-25)18-13-11-17(12-14-18)22(33)27-15-7-6-10-21(31)32/h4-5,8-9,11-14H,2-3,6-7,10,15-16H2,1H3,(H,27,33)(H,31,32). The van der Waals surface area contributed by atoms with Crippen LogP contribution in [-0.4, -0.2) is 46.2 Å². The molecule has 0 unspecified atom stereocenters. The van der Waals surface area contributed by atoms with E-state index in [1.54, 1.807) is 53.4 Å². The quantitative estimate of drug-likeness (QED) is 0.317. The van der Waals surface area contributed by atoms with Crippen molar-refractivity contribution in [2.75, 3.05) is 18.0 Å². The number of unbranched alkanes of at least 4 members (excludes halogenated alkanes) is 2. The van der Waals surface area contributed by atoms with Crippen LogP contribution in [0.15, 0.2) is 48.5 Å². The lowest BCUT2D eigenvalue weighted by Gasteiger charge is -2.19. The molecule has 0 saturated heterocycles. The fraction of sp³-hybridized carbons (Fsp3) is 0.320. The maximum absolute atomic E-state index is 13.2. The number of anilines is 1. The third kappa shape index (κ3) is 7.34. The van der Waals surface area contributed by atoms with Gasteiger partial charge in [-0.1, -0.05) is 60.5 Å². The number of hydrogen-bond acceptors (Lipinski definition) is 6. The smallest absolute Gasteiger partial charge is 0.303 e. The molecule has 0 fully saturated rings. The molecule has 8 nitrogen and oxygen atoms in total. The molecule has 0 radical (unpaired) electrons. The number of carboxylic acid groups (broad SMARTS) is 1. The van der Waals surface area contributed by atoms with E-state index in [0.717, 1.165) is 18.4 Å². The van der Waals surface area contributed by atoms with Gasteiger partial charge in [-0.25, -0.2) is 0 Å². The predicted octanol–water partition coefficient (Wildman–Crippen LogP) is 5.29. The minimum atomic E-state index is -0.839. The molecule has 0 saturated carbocycles. The summed E-state index contributed by atoms with van der Waals surface area (Å²) in [5.41, 5.74) is 1.70. The fourth-order valence-corrected chi connectivity index (χ4v) is 4.38. The number of benzene rings is 2. The predicted molar refractivity (Wildman–Crippen MR) is 137 cm³/mol. The van der Waals surface area contributed by atoms with Gasteiger partial charge < -0.3 is 10.4 Å². The largest absolute Gasteiger partial charge is 0.481 e. The van der Waals surface area contributed by atoms with E-state index in [4.69, 9.17) is 16.7 Å². The second-order valence-corrected chi connectivity index (χ2v) is 9.23. The number of amides is 2. The minimum Gasteiger partial charge on any atom is -0.481 e. The zero-order valence-corrected chi connectivity index (χ0v) is 20.9. The van der Waals surface area contributed by atoms with Crippen molar-refractivity contribution in [1.82, 2.24) is 15.5 Å². The van der Waals surface area contributed by atoms with Gasteiger partial charge in [0.2, 0.25) is 5.13 Å². The molecule has 0 bridgehead atoms. The lowest BCUT2D eigenvalue weighted by atomic mass is 10.1. The summed E-state index contributed by atoms with van der Waals surface area (Å²) >= 11 is 7.55. The number of aromatic nitrogens is 2. The molecule has 0 aliphatic heterocycles. The molecule has 1 aromatic heterocycles. The third-order valence-corrected chi connectivity index (χ3v) is 6.55. The summed E-state index contributed by atoms with van der Waals surface area (Å²) in [6.07, 6.45) is 2.94. The molecular weight excluding hydrogens is 488 g/mol. The first-order valence-electron chi connectivity index (χ1n) is 11.4. The van der Waals surface area contributed by atoms with Gasteiger partial charge in [-0.3, -0.25) is 19.3 Å². The Bertz CT molecular complexity index is 1170. The topological polar surface area (TPSA) is 112 Å². The van der Waals surface area contributed by atoms with Gasteiger partial charge in [-0.2, -0.15) is 0 Å². The van der Waals surface area contributed by atoms with Crippen molar-refractivity contribution in [2.45, 2.75) is 39.0 Å². The number of carbonyl (C=O) groups is 3. The summed E-state index contributed by atoms with van der Waals surface area (Å²) in [6, 6.07) is 13.9. The van der Waals surface area contributed by atoms with Crippen LogP contribution in [0, 0.1) is 0 Å². The zero-order valence-electron chi connectivity index (χ0n) is 19.4. The lowest BCUT2D eigenvalue weighted by molar-refractivity contribution is -0.137. The average molecular weight is 515 g/mol. The number of nitrogens with zero attached hydrogens (tertiary/aromatic N) is 3. The summed E-state index contributed by atoms with van der Waals surface area (Å²) in [5.74, 6) is -1.28. The Morgan fingerprint density at radius 1 is 1.03 bits per heavy atom. The first-order valence-corrected chi connectivity index (χ1v) is 12.6. The van der Waals surface area contributed by atoms with Gasteiger partial charge in [0.05, 0.1) is 10.6 Å². The Balaban J connectivity index is 1.69. The highest BCUT2D eigenvalue weighted by atomic mass is 35.5. The zero-order chi connectivity index (χ0) is 25.2. The van der Waals surface area contributed by atoms with E-state index >= 15 is 0 Å². The van der Waals surface area contributed by atoms with Crippen LogP contribution in [0.1, 0.15) is 59.7 Å². The summed E-state index contributed by atoms with van der Waals surface area (Å²) < 4.78 is 0. The molecule has 10 heteroatoms. The molecule has 35 heavy (non-hydrogen) atoms. The molecular formula is C25H27ClN4O4S. The van der Waals surface area contributed by atoms with Gasteiger partial charge >= 0.3 is 5.97 Å². The van der Waals surface area contributed by atoms with Gasteiger partial charge in [-0.05, 0) is 43.5 Å². The van der Waals surface area contributed by atoms with Gasteiger partial charge in [0, 0.05) is 30.6 Å². The van der Waals surface area contributed by atoms with Crippen molar-refractivity contribution in [3.05, 3.63) is 64.7 Å². The van der Waals surface area contributed by atoms with Gasteiger partial charge in [-0.15, -0.1) is 10.2 Å². The second kappa shape index (κ2) is 13.0. The Hall–Kier alpha value is -3.30. The second-order valence-electron chi connectivity index (χ2n) is 7.86. The number of carboxylic acids is 1. The fourth-order valence-electron chi connectivity index (χ4n) is 3.29. The van der Waals surface area contributed by atoms with Crippen molar-refractivity contribution in [3.8, 4) is 10.6 Å². The van der Waals surface area contributed by atoms with E-state index in [1.165, 1.54) is 11.3 Å². The summed E-state index contributed by atoms with van der Waals surface area (Å²) in [4.78, 5) is 37.7. The Morgan fingerprint density at radius 2 is 1.77 bits per heavy atom. The van der Waals surface area contributed by atoms with Crippen molar-refractivity contribution in [1.29, 1.82) is 0 Å². The molecule has 0 aliphatic carbocycles. The number of halogens is 1. The first-order chi connectivity index (χ1) is 16.9. The Morgan fingerprint density at radius 3 is 2.46 bits per heavy atom. The number of carbonyl (C=O) groups excluding carboxylic acids is 2. The molecule has 184 valence electrons. The van der Waals surface area contributed by atoms with Gasteiger partial charge in [0.25, 0.3) is 11.8 Å². The molecule has 0 aliphatic rings. The highest BCUT2D eigenvalue weighted by molar-refractivity contribution is 7.18. The summed E-state index contributed by atoms with van der Waals surface area (Å²) in [7, 11) is 0. The van der Waals surface area contributed by atoms with Crippen molar-refractivity contribution in [2.24, 2.45) is 0 Å². The van der Waals surface area contributed by atoms with E-state index in [0.29, 0.717) is 52.2 Å². The molecule has 1 heterocycles. The van der Waals surface area contributed by atoms with Crippen LogP contribution in [0.25, 0.3) is 10.6 Å². The highest BCUT2D eigenvalue weighted by Gasteiger charge is 2.23. The molecule has 0 spiro atoms. The van der Waals surface area contributed by atoms with Crippen LogP contribution < -0.4 is 10.2 Å².